The second-order valence-corrected chi connectivity index (χ2v) is 2.26. The van der Waals surface area contributed by atoms with Crippen molar-refractivity contribution >= 4 is 11.8 Å². The van der Waals surface area contributed by atoms with Crippen LogP contribution in [0.3, 0.4) is 0 Å². The maximum Gasteiger partial charge on any atom is 0.304 e. The Hall–Kier alpha value is -0.900. The van der Waals surface area contributed by atoms with Gasteiger partial charge in [-0.3, -0.25) is 9.59 Å². The Labute approximate surface area is 59.0 Å². The molecule has 0 fully saturated rings. The molecule has 0 aromatic heterocycles. The molecule has 0 saturated carbocycles. The van der Waals surface area contributed by atoms with E-state index in [-0.39, 0.29) is 18.6 Å². The molecule has 0 heterocycles. The Balaban J connectivity index is 3.53. The van der Waals surface area contributed by atoms with Gasteiger partial charge < -0.3 is 10.8 Å². The third-order valence-electron chi connectivity index (χ3n) is 0.986. The van der Waals surface area contributed by atoms with Crippen molar-refractivity contribution in [3.63, 3.8) is 0 Å². The second-order valence-electron chi connectivity index (χ2n) is 2.26. The van der Waals surface area contributed by atoms with Crippen molar-refractivity contribution in [1.29, 1.82) is 0 Å². The minimum atomic E-state index is -0.964. The van der Waals surface area contributed by atoms with Gasteiger partial charge in [0.25, 0.3) is 0 Å². The fraction of sp³-hybridized carbons (Fsp3) is 0.667. The normalized spacial score (nSPS) is 12.6. The first-order chi connectivity index (χ1) is 4.52. The van der Waals surface area contributed by atoms with E-state index in [1.807, 2.05) is 0 Å². The summed E-state index contributed by atoms with van der Waals surface area (Å²) in [5, 5.41) is 8.21. The third kappa shape index (κ3) is 5.24. The van der Waals surface area contributed by atoms with Gasteiger partial charge in [0.15, 0.2) is 0 Å². The van der Waals surface area contributed by atoms with Gasteiger partial charge in [-0.15, -0.1) is 0 Å². The molecule has 4 nitrogen and oxygen atoms in total. The summed E-state index contributed by atoms with van der Waals surface area (Å²) < 4.78 is 0. The molecule has 0 saturated heterocycles. The lowest BCUT2D eigenvalue weighted by Gasteiger charge is -2.03. The number of carboxylic acid groups (broad SMARTS) is 1. The lowest BCUT2D eigenvalue weighted by molar-refractivity contribution is -0.137. The quantitative estimate of drug-likeness (QED) is 0.572. The topological polar surface area (TPSA) is 80.4 Å². The summed E-state index contributed by atoms with van der Waals surface area (Å²) in [6, 6.07) is -0.532. The zero-order valence-electron chi connectivity index (χ0n) is 5.83. The molecular weight excluding hydrogens is 134 g/mol. The molecule has 3 N–H and O–H groups in total. The van der Waals surface area contributed by atoms with Crippen molar-refractivity contribution in [3.8, 4) is 0 Å². The third-order valence-corrected chi connectivity index (χ3v) is 0.986. The van der Waals surface area contributed by atoms with Crippen molar-refractivity contribution in [1.82, 2.24) is 0 Å². The number of rotatable bonds is 4. The summed E-state index contributed by atoms with van der Waals surface area (Å²) in [6.07, 6.45) is 0.00583. The maximum atomic E-state index is 10.4. The smallest absolute Gasteiger partial charge is 0.304 e. The van der Waals surface area contributed by atoms with E-state index in [2.05, 4.69) is 0 Å². The molecule has 0 aromatic rings. The highest BCUT2D eigenvalue weighted by Gasteiger charge is 2.09. The van der Waals surface area contributed by atoms with Crippen LogP contribution in [0.1, 0.15) is 19.8 Å². The van der Waals surface area contributed by atoms with Crippen LogP contribution in [0.25, 0.3) is 0 Å². The summed E-state index contributed by atoms with van der Waals surface area (Å²) in [5.41, 5.74) is 5.27. The van der Waals surface area contributed by atoms with E-state index >= 15 is 0 Å². The average molecular weight is 145 g/mol. The summed E-state index contributed by atoms with van der Waals surface area (Å²) in [4.78, 5) is 20.4. The van der Waals surface area contributed by atoms with Gasteiger partial charge in [-0.2, -0.15) is 0 Å². The summed E-state index contributed by atoms with van der Waals surface area (Å²) in [6.45, 7) is 1.39. The highest BCUT2D eigenvalue weighted by molar-refractivity contribution is 5.77. The molecule has 0 aliphatic heterocycles. The van der Waals surface area contributed by atoms with Crippen molar-refractivity contribution in [2.45, 2.75) is 25.8 Å². The number of hydrogen-bond donors (Lipinski definition) is 2. The van der Waals surface area contributed by atoms with Gasteiger partial charge in [0, 0.05) is 12.5 Å². The molecule has 0 rings (SSSR count). The second kappa shape index (κ2) is 4.00. The van der Waals surface area contributed by atoms with Crippen LogP contribution in [0.2, 0.25) is 0 Å². The Bertz CT molecular complexity index is 128. The van der Waals surface area contributed by atoms with Gasteiger partial charge in [-0.1, -0.05) is 0 Å². The van der Waals surface area contributed by atoms with Gasteiger partial charge in [0.2, 0.25) is 0 Å². The summed E-state index contributed by atoms with van der Waals surface area (Å²) >= 11 is 0. The zero-order chi connectivity index (χ0) is 8.15. The van der Waals surface area contributed by atoms with Crippen LogP contribution in [0.15, 0.2) is 0 Å². The first-order valence-corrected chi connectivity index (χ1v) is 2.99. The predicted octanol–water partition coefficient (Wildman–Crippen LogP) is -0.233. The molecule has 0 unspecified atom stereocenters. The predicted molar refractivity (Wildman–Crippen MR) is 35.5 cm³/mol. The van der Waals surface area contributed by atoms with Crippen LogP contribution in [0.5, 0.6) is 0 Å². The van der Waals surface area contributed by atoms with Crippen molar-refractivity contribution in [3.05, 3.63) is 0 Å². The van der Waals surface area contributed by atoms with Gasteiger partial charge in [0.05, 0.1) is 6.42 Å². The minimum absolute atomic E-state index is 0.0752. The van der Waals surface area contributed by atoms with Gasteiger partial charge in [0.1, 0.15) is 5.78 Å². The van der Waals surface area contributed by atoms with Crippen LogP contribution < -0.4 is 5.73 Å². The molecule has 0 aliphatic carbocycles. The molecule has 0 bridgehead atoms. The van der Waals surface area contributed by atoms with E-state index in [4.69, 9.17) is 10.8 Å². The Kier molecular flexibility index (Phi) is 3.64. The van der Waals surface area contributed by atoms with Crippen molar-refractivity contribution in [2.24, 2.45) is 5.73 Å². The average Bonchev–Trinajstić information content (AvgIpc) is 1.58. The van der Waals surface area contributed by atoms with E-state index < -0.39 is 12.0 Å². The largest absolute Gasteiger partial charge is 0.481 e. The van der Waals surface area contributed by atoms with Crippen LogP contribution in [-0.2, 0) is 9.59 Å². The van der Waals surface area contributed by atoms with Crippen LogP contribution >= 0.6 is 0 Å². The molecular formula is C6H11NO3. The van der Waals surface area contributed by atoms with E-state index in [0.29, 0.717) is 0 Å². The van der Waals surface area contributed by atoms with Gasteiger partial charge in [-0.05, 0) is 6.92 Å². The lowest BCUT2D eigenvalue weighted by atomic mass is 10.1. The van der Waals surface area contributed by atoms with E-state index in [1.54, 1.807) is 0 Å². The monoisotopic (exact) mass is 145 g/mol. The first-order valence-electron chi connectivity index (χ1n) is 2.99. The molecule has 0 spiro atoms. The lowest BCUT2D eigenvalue weighted by Crippen LogP contribution is -2.25. The molecule has 0 aliphatic rings. The minimum Gasteiger partial charge on any atom is -0.481 e. The number of hydrogen-bond acceptors (Lipinski definition) is 3. The number of ketones is 1. The number of carbonyl (C=O) groups excluding carboxylic acids is 1. The molecule has 10 heavy (non-hydrogen) atoms. The molecule has 0 aromatic carbocycles. The first kappa shape index (κ1) is 9.10. The maximum absolute atomic E-state index is 10.4. The van der Waals surface area contributed by atoms with Crippen molar-refractivity contribution in [2.75, 3.05) is 0 Å². The SMILES string of the molecule is CC(=O)C[C@@H](N)CC(=O)O. The van der Waals surface area contributed by atoms with Crippen LogP contribution in [-0.4, -0.2) is 22.9 Å². The summed E-state index contributed by atoms with van der Waals surface area (Å²) in [5.74, 6) is -1.04. The van der Waals surface area contributed by atoms with Gasteiger partial charge >= 0.3 is 5.97 Å². The fourth-order valence-electron chi connectivity index (χ4n) is 0.666. The Morgan fingerprint density at radius 2 is 2.00 bits per heavy atom. The molecule has 1 atom stereocenters. The van der Waals surface area contributed by atoms with E-state index in [9.17, 15) is 9.59 Å². The number of Topliss-reactive ketones (excluding diaryl/α,β-unsaturated/α-hetero) is 1. The van der Waals surface area contributed by atoms with Crippen LogP contribution in [0.4, 0.5) is 0 Å². The van der Waals surface area contributed by atoms with Gasteiger partial charge in [-0.25, -0.2) is 0 Å². The molecule has 0 amide bonds. The Morgan fingerprint density at radius 1 is 1.50 bits per heavy atom. The van der Waals surface area contributed by atoms with Crippen LogP contribution in [0, 0.1) is 0 Å². The number of carbonyl (C=O) groups is 2. The number of nitrogens with two attached hydrogens (primary N) is 1. The zero-order valence-corrected chi connectivity index (χ0v) is 5.83. The van der Waals surface area contributed by atoms with E-state index in [1.165, 1.54) is 6.92 Å². The highest BCUT2D eigenvalue weighted by Crippen LogP contribution is 1.94. The molecule has 0 radical (unpaired) electrons. The fourth-order valence-corrected chi connectivity index (χ4v) is 0.666. The van der Waals surface area contributed by atoms with Crippen molar-refractivity contribution < 1.29 is 14.7 Å². The molecule has 58 valence electrons. The Morgan fingerprint density at radius 3 is 2.30 bits per heavy atom. The van der Waals surface area contributed by atoms with E-state index in [0.717, 1.165) is 0 Å². The standard InChI is InChI=1S/C6H11NO3/c1-4(8)2-5(7)3-6(9)10/h5H,2-3,7H2,1H3,(H,9,10)/t5-/m1/s1. The summed E-state index contributed by atoms with van der Waals surface area (Å²) in [7, 11) is 0. The molecule has 4 heteroatoms. The highest BCUT2D eigenvalue weighted by atomic mass is 16.4. The number of carboxylic acids is 1. The number of aliphatic carboxylic acids is 1.